The van der Waals surface area contributed by atoms with E-state index in [1.165, 1.54) is 0 Å². The van der Waals surface area contributed by atoms with E-state index < -0.39 is 29.9 Å². The van der Waals surface area contributed by atoms with Gasteiger partial charge in [0, 0.05) is 39.9 Å². The Hall–Kier alpha value is -1.32. The quantitative estimate of drug-likeness (QED) is 0.159. The molecule has 0 aliphatic rings. The van der Waals surface area contributed by atoms with Crippen molar-refractivity contribution >= 4 is 53.4 Å². The zero-order valence-electron chi connectivity index (χ0n) is 16.0. The molecule has 0 fully saturated rings. The summed E-state index contributed by atoms with van der Waals surface area (Å²) in [5.41, 5.74) is 5.00. The predicted octanol–water partition coefficient (Wildman–Crippen LogP) is -2.94. The van der Waals surface area contributed by atoms with E-state index in [-0.39, 0.29) is 62.2 Å². The molecule has 0 aromatic carbocycles. The number of nitrogens with zero attached hydrogens (tertiary/aromatic N) is 1. The fourth-order valence-corrected chi connectivity index (χ4v) is 1.16. The van der Waals surface area contributed by atoms with Crippen molar-refractivity contribution in [3.63, 3.8) is 0 Å². The molecule has 0 aliphatic carbocycles. The van der Waals surface area contributed by atoms with Gasteiger partial charge < -0.3 is 41.5 Å². The Bertz CT molecular complexity index is 391. The van der Waals surface area contributed by atoms with Crippen LogP contribution in [0.5, 0.6) is 0 Å². The molecular formula is C15H33N2NaO11. The minimum atomic E-state index is -1.17. The molecule has 0 saturated heterocycles. The van der Waals surface area contributed by atoms with Gasteiger partial charge in [0.25, 0.3) is 11.9 Å². The molecule has 0 heterocycles. The van der Waals surface area contributed by atoms with Gasteiger partial charge in [-0.2, -0.15) is 0 Å². The number of aliphatic hydroxyl groups is 3. The van der Waals surface area contributed by atoms with Crippen molar-refractivity contribution < 1.29 is 54.9 Å². The Balaban J connectivity index is -0.0000000950. The number of carbonyl (C=O) groups is 4. The van der Waals surface area contributed by atoms with Crippen molar-refractivity contribution in [3.05, 3.63) is 0 Å². The van der Waals surface area contributed by atoms with Gasteiger partial charge in [-0.15, -0.1) is 0 Å². The summed E-state index contributed by atoms with van der Waals surface area (Å²) in [7, 11) is 0. The maximum absolute atomic E-state index is 9.99. The van der Waals surface area contributed by atoms with Gasteiger partial charge in [-0.05, 0) is 6.42 Å². The van der Waals surface area contributed by atoms with Crippen molar-refractivity contribution in [1.29, 1.82) is 0 Å². The molecule has 170 valence electrons. The topological polar surface area (TPSA) is 239 Å². The summed E-state index contributed by atoms with van der Waals surface area (Å²) >= 11 is 0. The predicted molar refractivity (Wildman–Crippen MR) is 104 cm³/mol. The average Bonchev–Trinajstić information content (AvgIpc) is 2.52. The summed E-state index contributed by atoms with van der Waals surface area (Å²) in [5.74, 6) is -3.86. The van der Waals surface area contributed by atoms with E-state index in [2.05, 4.69) is 0 Å². The first-order valence-electron chi connectivity index (χ1n) is 7.99. The van der Waals surface area contributed by atoms with Crippen LogP contribution in [0.1, 0.15) is 26.7 Å². The van der Waals surface area contributed by atoms with Gasteiger partial charge >= 0.3 is 41.5 Å². The molecular weight excluding hydrogens is 407 g/mol. The summed E-state index contributed by atoms with van der Waals surface area (Å²) in [5, 5.41) is 56.6. The van der Waals surface area contributed by atoms with Crippen LogP contribution in [-0.4, -0.2) is 140 Å². The zero-order valence-corrected chi connectivity index (χ0v) is 16.0. The Kier molecular flexibility index (Phi) is 38.2. The fraction of sp³-hybridized carbons (Fsp3) is 0.733. The van der Waals surface area contributed by atoms with Gasteiger partial charge in [0.15, 0.2) is 0 Å². The Morgan fingerprint density at radius 1 is 0.793 bits per heavy atom. The van der Waals surface area contributed by atoms with Gasteiger partial charge in [-0.25, -0.2) is 0 Å². The first kappa shape index (κ1) is 38.3. The van der Waals surface area contributed by atoms with Crippen molar-refractivity contribution in [2.45, 2.75) is 32.7 Å². The fourth-order valence-electron chi connectivity index (χ4n) is 1.16. The Morgan fingerprint density at radius 3 is 1.24 bits per heavy atom. The zero-order chi connectivity index (χ0) is 23.1. The average molecular weight is 440 g/mol. The number of rotatable bonds is 10. The second-order valence-electron chi connectivity index (χ2n) is 4.93. The molecule has 0 saturated carbocycles. The van der Waals surface area contributed by atoms with Crippen LogP contribution in [0.4, 0.5) is 0 Å². The normalized spacial score (nSPS) is 9.76. The van der Waals surface area contributed by atoms with Crippen molar-refractivity contribution in [2.24, 2.45) is 5.73 Å². The first-order chi connectivity index (χ1) is 12.8. The molecule has 0 aliphatic heterocycles. The van der Waals surface area contributed by atoms with Crippen LogP contribution in [-0.2, 0) is 19.2 Å². The minimum absolute atomic E-state index is 0. The van der Waals surface area contributed by atoms with Crippen LogP contribution < -0.4 is 5.73 Å². The van der Waals surface area contributed by atoms with Crippen LogP contribution in [0, 0.1) is 0 Å². The second-order valence-corrected chi connectivity index (χ2v) is 4.93. The van der Waals surface area contributed by atoms with Gasteiger partial charge in [-0.1, -0.05) is 0 Å². The third-order valence-electron chi connectivity index (χ3n) is 2.24. The third kappa shape index (κ3) is 58.4. The maximum atomic E-state index is 9.99. The monoisotopic (exact) mass is 440 g/mol. The molecule has 0 rings (SSSR count). The molecule has 0 bridgehead atoms. The summed E-state index contributed by atoms with van der Waals surface area (Å²) < 4.78 is 0. The number of hydrogen-bond donors (Lipinski definition) is 8. The van der Waals surface area contributed by atoms with E-state index in [0.717, 1.165) is 13.8 Å². The van der Waals surface area contributed by atoms with E-state index in [4.69, 9.17) is 51.1 Å². The van der Waals surface area contributed by atoms with Gasteiger partial charge in [-0.3, -0.25) is 24.1 Å². The van der Waals surface area contributed by atoms with Crippen LogP contribution >= 0.6 is 0 Å². The molecule has 9 N–H and O–H groups in total. The molecule has 1 atom stereocenters. The molecule has 0 unspecified atom stereocenters. The number of hydrogen-bond acceptors (Lipinski definition) is 9. The number of nitrogens with two attached hydrogens (primary N) is 1. The van der Waals surface area contributed by atoms with Crippen molar-refractivity contribution in [1.82, 2.24) is 4.90 Å². The van der Waals surface area contributed by atoms with Gasteiger partial charge in [0.05, 0.1) is 19.8 Å². The van der Waals surface area contributed by atoms with Crippen LogP contribution in [0.25, 0.3) is 0 Å². The van der Waals surface area contributed by atoms with Crippen LogP contribution in [0.15, 0.2) is 0 Å². The third-order valence-corrected chi connectivity index (χ3v) is 2.24. The van der Waals surface area contributed by atoms with Crippen molar-refractivity contribution in [3.8, 4) is 0 Å². The molecule has 13 nitrogen and oxygen atoms in total. The SMILES string of the molecule is CC(=O)O.CC(=O)O.N[C@@H](CCC(=O)O)C(=O)O.OCCN(CCO)CCO.[NaH]. The van der Waals surface area contributed by atoms with E-state index in [1.54, 1.807) is 4.90 Å². The summed E-state index contributed by atoms with van der Waals surface area (Å²) in [6, 6.07) is -1.06. The molecule has 29 heavy (non-hydrogen) atoms. The number of carboxylic acid groups (broad SMARTS) is 4. The second kappa shape index (κ2) is 28.9. The van der Waals surface area contributed by atoms with Crippen LogP contribution in [0.3, 0.4) is 0 Å². The summed E-state index contributed by atoms with van der Waals surface area (Å²) in [4.78, 5) is 39.7. The number of aliphatic hydroxyl groups excluding tert-OH is 3. The summed E-state index contributed by atoms with van der Waals surface area (Å²) in [6.07, 6.45) is -0.224. The van der Waals surface area contributed by atoms with E-state index in [1.807, 2.05) is 0 Å². The standard InChI is InChI=1S/C6H15NO3.C5H9NO4.2C2H4O2.Na.H/c8-4-1-7(2-5-9)3-6-10;6-3(5(9)10)1-2-4(7)8;2*1-2(3)4;;/h8-10H,1-6H2;3H,1-2,6H2,(H,7,8)(H,9,10);2*1H3,(H,3,4);;/t;3-;;;;/m.0..../s1. The molecule has 0 amide bonds. The molecule has 14 heteroatoms. The molecule has 0 radical (unpaired) electrons. The van der Waals surface area contributed by atoms with E-state index in [0.29, 0.717) is 19.6 Å². The van der Waals surface area contributed by atoms with E-state index in [9.17, 15) is 9.59 Å². The van der Waals surface area contributed by atoms with E-state index >= 15 is 0 Å². The molecule has 0 spiro atoms. The Labute approximate surface area is 191 Å². The number of carboxylic acids is 4. The number of aliphatic carboxylic acids is 4. The Morgan fingerprint density at radius 2 is 1.07 bits per heavy atom. The molecule has 0 aromatic rings. The summed E-state index contributed by atoms with van der Waals surface area (Å²) in [6.45, 7) is 3.92. The first-order valence-corrected chi connectivity index (χ1v) is 7.99. The van der Waals surface area contributed by atoms with Gasteiger partial charge in [0.2, 0.25) is 0 Å². The molecule has 0 aromatic heterocycles. The van der Waals surface area contributed by atoms with Crippen molar-refractivity contribution in [2.75, 3.05) is 39.5 Å². The van der Waals surface area contributed by atoms with Gasteiger partial charge in [0.1, 0.15) is 6.04 Å². The van der Waals surface area contributed by atoms with Crippen LogP contribution in [0.2, 0.25) is 0 Å².